The molecule has 0 aliphatic heterocycles. The Labute approximate surface area is 119 Å². The van der Waals surface area contributed by atoms with E-state index in [-0.39, 0.29) is 24.3 Å². The Bertz CT molecular complexity index is 458. The molecule has 1 aliphatic carbocycles. The maximum Gasteiger partial charge on any atom is 0.407 e. The van der Waals surface area contributed by atoms with E-state index in [1.165, 1.54) is 0 Å². The molecule has 108 valence electrons. The Kier molecular flexibility index (Phi) is 5.16. The van der Waals surface area contributed by atoms with Gasteiger partial charge in [-0.05, 0) is 25.3 Å². The second kappa shape index (κ2) is 7.08. The summed E-state index contributed by atoms with van der Waals surface area (Å²) in [7, 11) is 0. The van der Waals surface area contributed by atoms with Gasteiger partial charge in [0.2, 0.25) is 0 Å². The molecule has 1 aromatic carbocycles. The summed E-state index contributed by atoms with van der Waals surface area (Å²) in [5, 5.41) is 2.84. The van der Waals surface area contributed by atoms with E-state index in [0.717, 1.165) is 31.2 Å². The van der Waals surface area contributed by atoms with Gasteiger partial charge in [-0.15, -0.1) is 0 Å². The Morgan fingerprint density at radius 2 is 1.90 bits per heavy atom. The van der Waals surface area contributed by atoms with Gasteiger partial charge in [-0.1, -0.05) is 43.2 Å². The van der Waals surface area contributed by atoms with Crippen LogP contribution in [0.5, 0.6) is 0 Å². The van der Waals surface area contributed by atoms with Crippen LogP contribution in [-0.2, 0) is 16.1 Å². The second-order valence-electron chi connectivity index (χ2n) is 5.31. The largest absolute Gasteiger partial charge is 0.445 e. The van der Waals surface area contributed by atoms with Gasteiger partial charge in [0.05, 0.1) is 0 Å². The quantitative estimate of drug-likeness (QED) is 0.918. The highest BCUT2D eigenvalue weighted by atomic mass is 16.5. The maximum atomic E-state index is 11.8. The van der Waals surface area contributed by atoms with Crippen molar-refractivity contribution in [2.45, 2.75) is 45.3 Å². The number of benzene rings is 1. The first-order valence-electron chi connectivity index (χ1n) is 7.14. The molecule has 1 N–H and O–H groups in total. The number of hydrogen-bond acceptors (Lipinski definition) is 3. The normalized spacial score (nSPS) is 22.1. The van der Waals surface area contributed by atoms with Crippen LogP contribution < -0.4 is 5.32 Å². The maximum absolute atomic E-state index is 11.8. The number of alkyl carbamates (subject to hydrolysis) is 1. The highest BCUT2D eigenvalue weighted by molar-refractivity contribution is 5.80. The van der Waals surface area contributed by atoms with Gasteiger partial charge in [0.25, 0.3) is 0 Å². The molecule has 1 aromatic rings. The predicted octanol–water partition coefficient (Wildman–Crippen LogP) is 3.06. The lowest BCUT2D eigenvalue weighted by atomic mass is 9.82. The van der Waals surface area contributed by atoms with Crippen LogP contribution in [0.1, 0.15) is 38.2 Å². The van der Waals surface area contributed by atoms with E-state index in [2.05, 4.69) is 5.32 Å². The molecule has 2 rings (SSSR count). The highest BCUT2D eigenvalue weighted by Crippen LogP contribution is 2.25. The summed E-state index contributed by atoms with van der Waals surface area (Å²) in [5.41, 5.74) is 0.953. The average molecular weight is 275 g/mol. The van der Waals surface area contributed by atoms with E-state index in [0.29, 0.717) is 0 Å². The van der Waals surface area contributed by atoms with Crippen molar-refractivity contribution in [1.29, 1.82) is 0 Å². The number of rotatable bonds is 4. The number of carbonyl (C=O) groups is 2. The minimum Gasteiger partial charge on any atom is -0.445 e. The van der Waals surface area contributed by atoms with Gasteiger partial charge in [-0.3, -0.25) is 4.79 Å². The first-order chi connectivity index (χ1) is 9.66. The topological polar surface area (TPSA) is 55.4 Å². The van der Waals surface area contributed by atoms with Gasteiger partial charge < -0.3 is 10.1 Å². The molecule has 1 amide bonds. The molecule has 0 spiro atoms. The van der Waals surface area contributed by atoms with Crippen molar-refractivity contribution in [3.63, 3.8) is 0 Å². The number of ketones is 1. The molecule has 1 fully saturated rings. The summed E-state index contributed by atoms with van der Waals surface area (Å²) in [6, 6.07) is 9.47. The highest BCUT2D eigenvalue weighted by Gasteiger charge is 2.29. The fourth-order valence-corrected chi connectivity index (χ4v) is 2.71. The van der Waals surface area contributed by atoms with Crippen molar-refractivity contribution >= 4 is 11.9 Å². The standard InChI is InChI=1S/C16H21NO3/c1-12(18)14-9-5-6-10-15(14)17-16(19)20-11-13-7-3-2-4-8-13/h2-4,7-8,14-15H,5-6,9-11H2,1H3,(H,17,19)/t14-,15+/m0/s1. The van der Waals surface area contributed by atoms with Gasteiger partial charge in [0.15, 0.2) is 0 Å². The molecular formula is C16H21NO3. The Hall–Kier alpha value is -1.84. The molecule has 4 heteroatoms. The molecule has 0 aromatic heterocycles. The lowest BCUT2D eigenvalue weighted by Gasteiger charge is -2.30. The molecule has 0 bridgehead atoms. The van der Waals surface area contributed by atoms with Crippen LogP contribution in [-0.4, -0.2) is 17.9 Å². The summed E-state index contributed by atoms with van der Waals surface area (Å²) in [5.74, 6) is 0.0890. The zero-order valence-electron chi connectivity index (χ0n) is 11.8. The first kappa shape index (κ1) is 14.6. The van der Waals surface area contributed by atoms with E-state index in [4.69, 9.17) is 4.74 Å². The summed E-state index contributed by atoms with van der Waals surface area (Å²) in [6.45, 7) is 1.85. The number of hydrogen-bond donors (Lipinski definition) is 1. The summed E-state index contributed by atoms with van der Waals surface area (Å²) in [6.07, 6.45) is 3.38. The van der Waals surface area contributed by atoms with Crippen molar-refractivity contribution < 1.29 is 14.3 Å². The number of nitrogens with one attached hydrogen (secondary N) is 1. The average Bonchev–Trinajstić information content (AvgIpc) is 2.46. The smallest absolute Gasteiger partial charge is 0.407 e. The number of Topliss-reactive ketones (excluding diaryl/α,β-unsaturated/α-hetero) is 1. The van der Waals surface area contributed by atoms with Crippen LogP contribution in [0.15, 0.2) is 30.3 Å². The van der Waals surface area contributed by atoms with Crippen LogP contribution in [0, 0.1) is 5.92 Å². The predicted molar refractivity (Wildman–Crippen MR) is 76.2 cm³/mol. The van der Waals surface area contributed by atoms with Crippen molar-refractivity contribution in [3.05, 3.63) is 35.9 Å². The van der Waals surface area contributed by atoms with E-state index < -0.39 is 6.09 Å². The lowest BCUT2D eigenvalue weighted by molar-refractivity contribution is -0.122. The molecule has 4 nitrogen and oxygen atoms in total. The van der Waals surface area contributed by atoms with Crippen LogP contribution in [0.3, 0.4) is 0 Å². The van der Waals surface area contributed by atoms with Crippen LogP contribution in [0.25, 0.3) is 0 Å². The summed E-state index contributed by atoms with van der Waals surface area (Å²) in [4.78, 5) is 23.4. The first-order valence-corrected chi connectivity index (χ1v) is 7.14. The zero-order valence-corrected chi connectivity index (χ0v) is 11.8. The minimum atomic E-state index is -0.438. The molecule has 2 atom stereocenters. The molecule has 1 saturated carbocycles. The number of carbonyl (C=O) groups excluding carboxylic acids is 2. The fraction of sp³-hybridized carbons (Fsp3) is 0.500. The van der Waals surface area contributed by atoms with Crippen LogP contribution in [0.4, 0.5) is 4.79 Å². The molecule has 20 heavy (non-hydrogen) atoms. The Morgan fingerprint density at radius 3 is 2.60 bits per heavy atom. The van der Waals surface area contributed by atoms with E-state index in [9.17, 15) is 9.59 Å². The molecule has 1 aliphatic rings. The monoisotopic (exact) mass is 275 g/mol. The fourth-order valence-electron chi connectivity index (χ4n) is 2.71. The summed E-state index contributed by atoms with van der Waals surface area (Å²) >= 11 is 0. The third-order valence-electron chi connectivity index (χ3n) is 3.80. The molecule has 0 heterocycles. The van der Waals surface area contributed by atoms with Gasteiger partial charge in [0, 0.05) is 12.0 Å². The second-order valence-corrected chi connectivity index (χ2v) is 5.31. The van der Waals surface area contributed by atoms with Crippen LogP contribution in [0.2, 0.25) is 0 Å². The van der Waals surface area contributed by atoms with Gasteiger partial charge >= 0.3 is 6.09 Å². The van der Waals surface area contributed by atoms with E-state index in [1.54, 1.807) is 6.92 Å². The van der Waals surface area contributed by atoms with Crippen LogP contribution >= 0.6 is 0 Å². The minimum absolute atomic E-state index is 0.0620. The number of ether oxygens (including phenoxy) is 1. The van der Waals surface area contributed by atoms with Crippen molar-refractivity contribution in [2.75, 3.05) is 0 Å². The third-order valence-corrected chi connectivity index (χ3v) is 3.80. The molecular weight excluding hydrogens is 254 g/mol. The van der Waals surface area contributed by atoms with Gasteiger partial charge in [0.1, 0.15) is 12.4 Å². The Morgan fingerprint density at radius 1 is 1.20 bits per heavy atom. The third kappa shape index (κ3) is 4.08. The molecule has 0 unspecified atom stereocenters. The van der Waals surface area contributed by atoms with E-state index in [1.807, 2.05) is 30.3 Å². The van der Waals surface area contributed by atoms with Crippen molar-refractivity contribution in [2.24, 2.45) is 5.92 Å². The van der Waals surface area contributed by atoms with Crippen molar-refractivity contribution in [1.82, 2.24) is 5.32 Å². The lowest BCUT2D eigenvalue weighted by Crippen LogP contribution is -2.44. The number of amides is 1. The zero-order chi connectivity index (χ0) is 14.4. The SMILES string of the molecule is CC(=O)[C@@H]1CCCC[C@H]1NC(=O)OCc1ccccc1. The van der Waals surface area contributed by atoms with Gasteiger partial charge in [-0.25, -0.2) is 4.79 Å². The molecule has 0 saturated heterocycles. The molecule has 0 radical (unpaired) electrons. The summed E-state index contributed by atoms with van der Waals surface area (Å²) < 4.78 is 5.20. The Balaban J connectivity index is 1.82. The van der Waals surface area contributed by atoms with E-state index >= 15 is 0 Å². The van der Waals surface area contributed by atoms with Gasteiger partial charge in [-0.2, -0.15) is 0 Å². The van der Waals surface area contributed by atoms with Crippen molar-refractivity contribution in [3.8, 4) is 0 Å².